The van der Waals surface area contributed by atoms with Gasteiger partial charge in [-0.2, -0.15) is 0 Å². The van der Waals surface area contributed by atoms with Gasteiger partial charge < -0.3 is 5.32 Å². The van der Waals surface area contributed by atoms with Gasteiger partial charge in [-0.1, -0.05) is 31.2 Å². The van der Waals surface area contributed by atoms with E-state index in [9.17, 15) is 9.59 Å². The maximum absolute atomic E-state index is 12.0. The summed E-state index contributed by atoms with van der Waals surface area (Å²) >= 11 is 0. The maximum atomic E-state index is 12.0. The lowest BCUT2D eigenvalue weighted by Gasteiger charge is -2.08. The van der Waals surface area contributed by atoms with E-state index in [2.05, 4.69) is 5.32 Å². The lowest BCUT2D eigenvalue weighted by atomic mass is 10.1. The Labute approximate surface area is 106 Å². The molecule has 1 fully saturated rings. The second kappa shape index (κ2) is 5.04. The van der Waals surface area contributed by atoms with Crippen LogP contribution in [0.15, 0.2) is 30.0 Å². The fourth-order valence-electron chi connectivity index (χ4n) is 1.90. The van der Waals surface area contributed by atoms with Gasteiger partial charge in [0.05, 0.1) is 0 Å². The highest BCUT2D eigenvalue weighted by Crippen LogP contribution is 2.16. The molecule has 0 aliphatic carbocycles. The van der Waals surface area contributed by atoms with Gasteiger partial charge in [-0.15, -0.1) is 0 Å². The highest BCUT2D eigenvalue weighted by molar-refractivity contribution is 6.14. The van der Waals surface area contributed by atoms with Crippen LogP contribution in [-0.4, -0.2) is 23.4 Å². The van der Waals surface area contributed by atoms with E-state index < -0.39 is 0 Å². The van der Waals surface area contributed by atoms with Crippen LogP contribution >= 0.6 is 0 Å². The average Bonchev–Trinajstić information content (AvgIpc) is 2.60. The summed E-state index contributed by atoms with van der Waals surface area (Å²) in [6, 6.07) is 7.41. The number of nitrogens with zero attached hydrogens (tertiary/aromatic N) is 1. The highest BCUT2D eigenvalue weighted by Gasteiger charge is 2.32. The minimum absolute atomic E-state index is 0.245. The van der Waals surface area contributed by atoms with Crippen molar-refractivity contribution in [3.8, 4) is 0 Å². The van der Waals surface area contributed by atoms with Gasteiger partial charge in [0.25, 0.3) is 5.91 Å². The number of urea groups is 1. The van der Waals surface area contributed by atoms with Gasteiger partial charge in [0.1, 0.15) is 5.70 Å². The molecule has 1 N–H and O–H groups in total. The molecule has 2 rings (SSSR count). The second-order valence-corrected chi connectivity index (χ2v) is 4.30. The van der Waals surface area contributed by atoms with Crippen molar-refractivity contribution in [1.29, 1.82) is 0 Å². The molecule has 0 saturated carbocycles. The van der Waals surface area contributed by atoms with Gasteiger partial charge in [-0.05, 0) is 30.5 Å². The first-order chi connectivity index (χ1) is 8.63. The van der Waals surface area contributed by atoms with Crippen LogP contribution in [0.2, 0.25) is 0 Å². The molecule has 1 aliphatic rings. The molecule has 0 aromatic heterocycles. The van der Waals surface area contributed by atoms with Crippen molar-refractivity contribution in [2.24, 2.45) is 0 Å². The van der Waals surface area contributed by atoms with Gasteiger partial charge >= 0.3 is 6.03 Å². The highest BCUT2D eigenvalue weighted by atomic mass is 16.2. The van der Waals surface area contributed by atoms with Gasteiger partial charge in [0.2, 0.25) is 0 Å². The third-order valence-corrected chi connectivity index (χ3v) is 2.90. The van der Waals surface area contributed by atoms with Crippen LogP contribution < -0.4 is 5.32 Å². The van der Waals surface area contributed by atoms with E-state index in [1.165, 1.54) is 4.90 Å². The quantitative estimate of drug-likeness (QED) is 0.655. The SMILES string of the molecule is CCCN1C(=O)N/C(=C/c2ccccc2C)C1=O. The standard InChI is InChI=1S/C14H16N2O2/c1-3-8-16-13(17)12(15-14(16)18)9-11-7-5-4-6-10(11)2/h4-7,9H,3,8H2,1-2H3,(H,15,18)/b12-9+. The fourth-order valence-corrected chi connectivity index (χ4v) is 1.90. The number of nitrogens with one attached hydrogen (secondary N) is 1. The van der Waals surface area contributed by atoms with E-state index >= 15 is 0 Å². The molecule has 1 aromatic rings. The zero-order chi connectivity index (χ0) is 13.1. The smallest absolute Gasteiger partial charge is 0.303 e. The lowest BCUT2D eigenvalue weighted by molar-refractivity contribution is -0.122. The second-order valence-electron chi connectivity index (χ2n) is 4.30. The topological polar surface area (TPSA) is 49.4 Å². The molecular formula is C14H16N2O2. The van der Waals surface area contributed by atoms with Crippen molar-refractivity contribution in [1.82, 2.24) is 10.2 Å². The molecule has 1 aromatic carbocycles. The Hall–Kier alpha value is -2.10. The molecule has 94 valence electrons. The maximum Gasteiger partial charge on any atom is 0.329 e. The van der Waals surface area contributed by atoms with Crippen LogP contribution in [-0.2, 0) is 4.79 Å². The summed E-state index contributed by atoms with van der Waals surface area (Å²) in [5, 5.41) is 2.61. The number of aryl methyl sites for hydroxylation is 1. The molecule has 0 radical (unpaired) electrons. The zero-order valence-corrected chi connectivity index (χ0v) is 10.6. The van der Waals surface area contributed by atoms with Crippen LogP contribution in [0.25, 0.3) is 6.08 Å². The lowest BCUT2D eigenvalue weighted by Crippen LogP contribution is -2.31. The van der Waals surface area contributed by atoms with Crippen LogP contribution in [0, 0.1) is 6.92 Å². The molecule has 0 unspecified atom stereocenters. The van der Waals surface area contributed by atoms with E-state index in [-0.39, 0.29) is 11.9 Å². The first-order valence-electron chi connectivity index (χ1n) is 6.03. The molecule has 4 heteroatoms. The molecule has 1 saturated heterocycles. The monoisotopic (exact) mass is 244 g/mol. The number of carbonyl (C=O) groups is 2. The molecule has 0 spiro atoms. The summed E-state index contributed by atoms with van der Waals surface area (Å²) < 4.78 is 0. The molecule has 0 atom stereocenters. The number of rotatable bonds is 3. The average molecular weight is 244 g/mol. The largest absolute Gasteiger partial charge is 0.329 e. The third-order valence-electron chi connectivity index (χ3n) is 2.90. The van der Waals surface area contributed by atoms with E-state index in [4.69, 9.17) is 0 Å². The predicted octanol–water partition coefficient (Wildman–Crippen LogP) is 2.30. The molecular weight excluding hydrogens is 228 g/mol. The summed E-state index contributed by atoms with van der Waals surface area (Å²) in [6.45, 7) is 4.36. The fraction of sp³-hybridized carbons (Fsp3) is 0.286. The van der Waals surface area contributed by atoms with Crippen molar-refractivity contribution in [3.63, 3.8) is 0 Å². The minimum atomic E-state index is -0.332. The number of amides is 3. The molecule has 1 heterocycles. The van der Waals surface area contributed by atoms with Crippen molar-refractivity contribution in [2.75, 3.05) is 6.54 Å². The number of imide groups is 1. The van der Waals surface area contributed by atoms with Crippen molar-refractivity contribution >= 4 is 18.0 Å². The zero-order valence-electron chi connectivity index (χ0n) is 10.6. The van der Waals surface area contributed by atoms with Crippen LogP contribution in [0.1, 0.15) is 24.5 Å². The van der Waals surface area contributed by atoms with Crippen LogP contribution in [0.3, 0.4) is 0 Å². The Balaban J connectivity index is 2.28. The van der Waals surface area contributed by atoms with E-state index in [0.717, 1.165) is 17.5 Å². The first-order valence-corrected chi connectivity index (χ1v) is 6.03. The predicted molar refractivity (Wildman–Crippen MR) is 69.7 cm³/mol. The van der Waals surface area contributed by atoms with Crippen molar-refractivity contribution in [2.45, 2.75) is 20.3 Å². The number of benzene rings is 1. The van der Waals surface area contributed by atoms with E-state index in [1.807, 2.05) is 38.1 Å². The third kappa shape index (κ3) is 2.27. The summed E-state index contributed by atoms with van der Waals surface area (Å²) in [6.07, 6.45) is 2.49. The Kier molecular flexibility index (Phi) is 3.46. The first kappa shape index (κ1) is 12.4. The molecule has 0 bridgehead atoms. The molecule has 3 amide bonds. The summed E-state index contributed by atoms with van der Waals surface area (Å²) in [4.78, 5) is 24.8. The Morgan fingerprint density at radius 1 is 1.28 bits per heavy atom. The summed E-state index contributed by atoms with van der Waals surface area (Å²) in [5.74, 6) is -0.245. The van der Waals surface area contributed by atoms with Gasteiger partial charge in [-0.25, -0.2) is 4.79 Å². The van der Waals surface area contributed by atoms with Gasteiger partial charge in [-0.3, -0.25) is 9.69 Å². The normalized spacial score (nSPS) is 17.4. The number of hydrogen-bond donors (Lipinski definition) is 1. The molecule has 18 heavy (non-hydrogen) atoms. The van der Waals surface area contributed by atoms with Crippen LogP contribution in [0.4, 0.5) is 4.79 Å². The Bertz CT molecular complexity index is 520. The minimum Gasteiger partial charge on any atom is -0.303 e. The Morgan fingerprint density at radius 3 is 2.67 bits per heavy atom. The van der Waals surface area contributed by atoms with E-state index in [0.29, 0.717) is 12.2 Å². The number of carbonyl (C=O) groups excluding carboxylic acids is 2. The van der Waals surface area contributed by atoms with Crippen molar-refractivity contribution < 1.29 is 9.59 Å². The van der Waals surface area contributed by atoms with E-state index in [1.54, 1.807) is 6.08 Å². The molecule has 4 nitrogen and oxygen atoms in total. The number of hydrogen-bond acceptors (Lipinski definition) is 2. The van der Waals surface area contributed by atoms with Gasteiger partial charge in [0, 0.05) is 6.54 Å². The van der Waals surface area contributed by atoms with Crippen LogP contribution in [0.5, 0.6) is 0 Å². The van der Waals surface area contributed by atoms with Crippen molar-refractivity contribution in [3.05, 3.63) is 41.1 Å². The summed E-state index contributed by atoms with van der Waals surface area (Å²) in [5.41, 5.74) is 2.36. The van der Waals surface area contributed by atoms with Gasteiger partial charge in [0.15, 0.2) is 0 Å². The Morgan fingerprint density at radius 2 is 2.00 bits per heavy atom. The molecule has 1 aliphatic heterocycles. The summed E-state index contributed by atoms with van der Waals surface area (Å²) in [7, 11) is 0.